The summed E-state index contributed by atoms with van der Waals surface area (Å²) in [5.41, 5.74) is 3.51. The first-order chi connectivity index (χ1) is 11.5. The second-order valence-electron chi connectivity index (χ2n) is 5.71. The van der Waals surface area contributed by atoms with Crippen molar-refractivity contribution in [2.45, 2.75) is 20.4 Å². The highest BCUT2D eigenvalue weighted by molar-refractivity contribution is 5.94. The molecule has 0 atom stereocenters. The lowest BCUT2D eigenvalue weighted by molar-refractivity contribution is 0.0783. The molecule has 0 N–H and O–H groups in total. The molecule has 7 heteroatoms. The molecule has 1 amide bonds. The summed E-state index contributed by atoms with van der Waals surface area (Å²) in [7, 11) is 1.76. The Kier molecular flexibility index (Phi) is 4.33. The Bertz CT molecular complexity index is 839. The molecule has 0 aliphatic rings. The van der Waals surface area contributed by atoms with Crippen LogP contribution >= 0.6 is 0 Å². The van der Waals surface area contributed by atoms with E-state index in [2.05, 4.69) is 20.2 Å². The first kappa shape index (κ1) is 15.8. The highest BCUT2D eigenvalue weighted by Gasteiger charge is 2.14. The van der Waals surface area contributed by atoms with E-state index < -0.39 is 0 Å². The molecule has 0 fully saturated rings. The monoisotopic (exact) mass is 322 g/mol. The number of nitrogens with zero attached hydrogens (tertiary/aromatic N) is 6. The quantitative estimate of drug-likeness (QED) is 0.734. The van der Waals surface area contributed by atoms with Gasteiger partial charge in [-0.2, -0.15) is 0 Å². The van der Waals surface area contributed by atoms with Gasteiger partial charge >= 0.3 is 0 Å². The molecule has 0 bridgehead atoms. The zero-order valence-corrected chi connectivity index (χ0v) is 13.8. The molecule has 0 radical (unpaired) electrons. The summed E-state index contributed by atoms with van der Waals surface area (Å²) < 4.78 is 1.66. The first-order valence-corrected chi connectivity index (χ1v) is 7.53. The minimum atomic E-state index is -0.0901. The molecule has 0 saturated heterocycles. The van der Waals surface area contributed by atoms with Crippen molar-refractivity contribution in [1.29, 1.82) is 0 Å². The minimum absolute atomic E-state index is 0.0901. The van der Waals surface area contributed by atoms with E-state index in [0.717, 1.165) is 17.0 Å². The molecule has 0 aliphatic carbocycles. The molecular weight excluding hydrogens is 304 g/mol. The number of hydrogen-bond donors (Lipinski definition) is 0. The summed E-state index contributed by atoms with van der Waals surface area (Å²) in [6, 6.07) is 7.42. The van der Waals surface area contributed by atoms with Crippen molar-refractivity contribution in [2.75, 3.05) is 7.05 Å². The van der Waals surface area contributed by atoms with Gasteiger partial charge in [-0.25, -0.2) is 4.98 Å². The number of pyridine rings is 2. The fraction of sp³-hybridized carbons (Fsp3) is 0.235. The number of hydrogen-bond acceptors (Lipinski definition) is 5. The lowest BCUT2D eigenvalue weighted by atomic mass is 10.2. The van der Waals surface area contributed by atoms with Crippen molar-refractivity contribution in [3.63, 3.8) is 0 Å². The number of rotatable bonds is 4. The lowest BCUT2D eigenvalue weighted by Gasteiger charge is -2.17. The predicted octanol–water partition coefficient (Wildman–Crippen LogP) is 1.95. The third kappa shape index (κ3) is 3.45. The van der Waals surface area contributed by atoms with Gasteiger partial charge < -0.3 is 4.90 Å². The van der Waals surface area contributed by atoms with Crippen molar-refractivity contribution < 1.29 is 4.79 Å². The Morgan fingerprint density at radius 3 is 2.62 bits per heavy atom. The highest BCUT2D eigenvalue weighted by atomic mass is 16.2. The molecular formula is C17H18N6O. The molecule has 3 aromatic rings. The topological polar surface area (TPSA) is 76.8 Å². The minimum Gasteiger partial charge on any atom is -0.336 e. The molecule has 3 aromatic heterocycles. The van der Waals surface area contributed by atoms with Crippen LogP contribution in [-0.2, 0) is 6.54 Å². The summed E-state index contributed by atoms with van der Waals surface area (Å²) in [5.74, 6) is 0.511. The average Bonchev–Trinajstić information content (AvgIpc) is 3.07. The van der Waals surface area contributed by atoms with E-state index in [9.17, 15) is 4.79 Å². The summed E-state index contributed by atoms with van der Waals surface area (Å²) >= 11 is 0. The normalized spacial score (nSPS) is 10.6. The van der Waals surface area contributed by atoms with Gasteiger partial charge in [0.1, 0.15) is 18.5 Å². The molecule has 3 heterocycles. The van der Waals surface area contributed by atoms with Gasteiger partial charge in [0.25, 0.3) is 5.91 Å². The molecule has 24 heavy (non-hydrogen) atoms. The maximum absolute atomic E-state index is 12.7. The van der Waals surface area contributed by atoms with E-state index in [1.54, 1.807) is 47.5 Å². The second kappa shape index (κ2) is 6.57. The fourth-order valence-corrected chi connectivity index (χ4v) is 2.55. The van der Waals surface area contributed by atoms with Crippen LogP contribution in [0, 0.1) is 13.8 Å². The van der Waals surface area contributed by atoms with Gasteiger partial charge in [0.15, 0.2) is 0 Å². The van der Waals surface area contributed by atoms with Gasteiger partial charge in [-0.15, -0.1) is 10.2 Å². The number of aromatic nitrogens is 5. The van der Waals surface area contributed by atoms with Crippen LogP contribution in [0.4, 0.5) is 0 Å². The summed E-state index contributed by atoms with van der Waals surface area (Å²) in [4.78, 5) is 23.0. The largest absolute Gasteiger partial charge is 0.336 e. The number of carbonyl (C=O) groups excluding carboxylic acids is 1. The number of amides is 1. The first-order valence-electron chi connectivity index (χ1n) is 7.53. The van der Waals surface area contributed by atoms with Crippen LogP contribution < -0.4 is 0 Å². The van der Waals surface area contributed by atoms with Crippen molar-refractivity contribution in [2.24, 2.45) is 0 Å². The molecule has 0 aromatic carbocycles. The van der Waals surface area contributed by atoms with Crippen LogP contribution in [0.2, 0.25) is 0 Å². The van der Waals surface area contributed by atoms with Crippen LogP contribution in [0.25, 0.3) is 5.82 Å². The number of aryl methyl sites for hydroxylation is 2. The Labute approximate surface area is 140 Å². The third-order valence-corrected chi connectivity index (χ3v) is 3.57. The van der Waals surface area contributed by atoms with Crippen molar-refractivity contribution in [3.8, 4) is 5.82 Å². The van der Waals surface area contributed by atoms with Gasteiger partial charge in [-0.05, 0) is 43.7 Å². The molecule has 0 saturated carbocycles. The molecule has 0 unspecified atom stereocenters. The maximum Gasteiger partial charge on any atom is 0.254 e. The summed E-state index contributed by atoms with van der Waals surface area (Å²) in [6.45, 7) is 4.42. The van der Waals surface area contributed by atoms with Crippen molar-refractivity contribution in [3.05, 3.63) is 65.6 Å². The van der Waals surface area contributed by atoms with E-state index in [4.69, 9.17) is 0 Å². The van der Waals surface area contributed by atoms with Crippen LogP contribution in [-0.4, -0.2) is 42.6 Å². The maximum atomic E-state index is 12.7. The SMILES string of the molecule is Cc1cc(C)nc(CN(C)C(=O)c2ccnc(-n3cnnc3)c2)c1. The standard InChI is InChI=1S/C17H18N6O/c1-12-6-13(2)21-15(7-12)9-22(3)17(24)14-4-5-18-16(8-14)23-10-19-20-11-23/h4-8,10-11H,9H2,1-3H3. The fourth-order valence-electron chi connectivity index (χ4n) is 2.55. The lowest BCUT2D eigenvalue weighted by Crippen LogP contribution is -2.27. The Morgan fingerprint density at radius 2 is 1.92 bits per heavy atom. The Hall–Kier alpha value is -3.09. The zero-order valence-electron chi connectivity index (χ0n) is 13.8. The molecule has 122 valence electrons. The van der Waals surface area contributed by atoms with Gasteiger partial charge in [0, 0.05) is 24.5 Å². The highest BCUT2D eigenvalue weighted by Crippen LogP contribution is 2.12. The van der Waals surface area contributed by atoms with Crippen LogP contribution in [0.3, 0.4) is 0 Å². The van der Waals surface area contributed by atoms with Gasteiger partial charge in [-0.3, -0.25) is 14.3 Å². The van der Waals surface area contributed by atoms with Crippen LogP contribution in [0.1, 0.15) is 27.3 Å². The molecule has 3 rings (SSSR count). The summed E-state index contributed by atoms with van der Waals surface area (Å²) in [5, 5.41) is 7.50. The third-order valence-electron chi connectivity index (χ3n) is 3.57. The van der Waals surface area contributed by atoms with E-state index in [-0.39, 0.29) is 5.91 Å². The zero-order chi connectivity index (χ0) is 17.1. The Balaban J connectivity index is 1.79. The van der Waals surface area contributed by atoms with E-state index in [1.165, 1.54) is 0 Å². The second-order valence-corrected chi connectivity index (χ2v) is 5.71. The van der Waals surface area contributed by atoms with E-state index >= 15 is 0 Å². The van der Waals surface area contributed by atoms with Crippen molar-refractivity contribution in [1.82, 2.24) is 29.6 Å². The molecule has 0 aliphatic heterocycles. The van der Waals surface area contributed by atoms with E-state index in [1.807, 2.05) is 26.0 Å². The van der Waals surface area contributed by atoms with Gasteiger partial charge in [0.2, 0.25) is 0 Å². The van der Waals surface area contributed by atoms with Gasteiger partial charge in [-0.1, -0.05) is 0 Å². The molecule has 0 spiro atoms. The Morgan fingerprint density at radius 1 is 1.17 bits per heavy atom. The van der Waals surface area contributed by atoms with Gasteiger partial charge in [0.05, 0.1) is 12.2 Å². The summed E-state index contributed by atoms with van der Waals surface area (Å²) in [6.07, 6.45) is 4.69. The van der Waals surface area contributed by atoms with E-state index in [0.29, 0.717) is 17.9 Å². The van der Waals surface area contributed by atoms with Crippen LogP contribution in [0.15, 0.2) is 43.1 Å². The molecule has 7 nitrogen and oxygen atoms in total. The number of carbonyl (C=O) groups is 1. The van der Waals surface area contributed by atoms with Crippen LogP contribution in [0.5, 0.6) is 0 Å². The smallest absolute Gasteiger partial charge is 0.254 e. The predicted molar refractivity (Wildman–Crippen MR) is 88.7 cm³/mol. The van der Waals surface area contributed by atoms with Crippen molar-refractivity contribution >= 4 is 5.91 Å². The average molecular weight is 322 g/mol.